The summed E-state index contributed by atoms with van der Waals surface area (Å²) < 4.78 is 0. The second-order valence-corrected chi connectivity index (χ2v) is 7.36. The Kier molecular flexibility index (Phi) is 5.79. The van der Waals surface area contributed by atoms with E-state index in [0.717, 1.165) is 16.0 Å². The zero-order chi connectivity index (χ0) is 17.8. The minimum Gasteiger partial charge on any atom is -0.288 e. The summed E-state index contributed by atoms with van der Waals surface area (Å²) in [6, 6.07) is 19.1. The van der Waals surface area contributed by atoms with E-state index in [0.29, 0.717) is 16.9 Å². The molecule has 1 heterocycles. The van der Waals surface area contributed by atoms with Gasteiger partial charge in [-0.1, -0.05) is 71.2 Å². The molecule has 0 saturated carbocycles. The van der Waals surface area contributed by atoms with E-state index in [4.69, 9.17) is 23.2 Å². The third-order valence-corrected chi connectivity index (χ3v) is 5.23. The quantitative estimate of drug-likeness (QED) is 0.295. The number of pyridine rings is 1. The van der Waals surface area contributed by atoms with E-state index >= 15 is 0 Å². The Morgan fingerprint density at radius 3 is 2.40 bits per heavy atom. The zero-order valence-electron chi connectivity index (χ0n) is 13.5. The van der Waals surface area contributed by atoms with Crippen molar-refractivity contribution in [1.29, 1.82) is 0 Å². The van der Waals surface area contributed by atoms with Crippen molar-refractivity contribution in [3.63, 3.8) is 0 Å². The van der Waals surface area contributed by atoms with Gasteiger partial charge in [0.2, 0.25) is 0 Å². The Bertz CT molecular complexity index is 896. The molecular formula is C20H15Cl2NOS. The number of hydrogen-bond donors (Lipinski definition) is 0. The van der Waals surface area contributed by atoms with E-state index in [2.05, 4.69) is 4.98 Å². The number of hydrogen-bond acceptors (Lipinski definition) is 3. The van der Waals surface area contributed by atoms with Crippen LogP contribution in [-0.4, -0.2) is 10.8 Å². The van der Waals surface area contributed by atoms with Crippen LogP contribution in [0.3, 0.4) is 0 Å². The smallest absolute Gasteiger partial charge is 0.196 e. The van der Waals surface area contributed by atoms with E-state index < -0.39 is 0 Å². The lowest BCUT2D eigenvalue weighted by Gasteiger charge is -2.11. The molecule has 0 aliphatic rings. The average Bonchev–Trinajstić information content (AvgIpc) is 2.60. The molecule has 1 aromatic heterocycles. The highest BCUT2D eigenvalue weighted by Gasteiger charge is 2.20. The summed E-state index contributed by atoms with van der Waals surface area (Å²) in [4.78, 5) is 18.1. The maximum absolute atomic E-state index is 12.9. The molecule has 126 valence electrons. The number of aromatic nitrogens is 1. The fourth-order valence-electron chi connectivity index (χ4n) is 2.41. The first-order valence-corrected chi connectivity index (χ1v) is 9.43. The van der Waals surface area contributed by atoms with Crippen molar-refractivity contribution >= 4 is 40.7 Å². The van der Waals surface area contributed by atoms with Gasteiger partial charge in [-0.3, -0.25) is 4.79 Å². The molecule has 5 heteroatoms. The average molecular weight is 388 g/mol. The lowest BCUT2D eigenvalue weighted by molar-refractivity contribution is 0.103. The summed E-state index contributed by atoms with van der Waals surface area (Å²) in [7, 11) is 0. The van der Waals surface area contributed by atoms with Gasteiger partial charge in [-0.25, -0.2) is 4.98 Å². The van der Waals surface area contributed by atoms with Crippen LogP contribution in [0.4, 0.5) is 0 Å². The minimum atomic E-state index is -0.141. The topological polar surface area (TPSA) is 30.0 Å². The molecule has 0 radical (unpaired) electrons. The van der Waals surface area contributed by atoms with Gasteiger partial charge in [0.05, 0.1) is 5.56 Å². The van der Waals surface area contributed by atoms with Gasteiger partial charge in [0, 0.05) is 16.2 Å². The van der Waals surface area contributed by atoms with Gasteiger partial charge in [-0.2, -0.15) is 0 Å². The van der Waals surface area contributed by atoms with Crippen molar-refractivity contribution in [2.45, 2.75) is 17.6 Å². The number of rotatable bonds is 5. The number of thioether (sulfide) groups is 1. The summed E-state index contributed by atoms with van der Waals surface area (Å²) in [6.07, 6.45) is 0. The predicted octanol–water partition coefficient (Wildman–Crippen LogP) is 6.22. The van der Waals surface area contributed by atoms with Crippen LogP contribution in [0.2, 0.25) is 10.3 Å². The van der Waals surface area contributed by atoms with E-state index in [9.17, 15) is 4.79 Å². The summed E-state index contributed by atoms with van der Waals surface area (Å²) in [6.45, 7) is 1.98. The molecule has 0 unspecified atom stereocenters. The van der Waals surface area contributed by atoms with Gasteiger partial charge in [0.15, 0.2) is 5.78 Å². The van der Waals surface area contributed by atoms with Gasteiger partial charge < -0.3 is 0 Å². The molecule has 0 spiro atoms. The number of aryl methyl sites for hydroxylation is 1. The van der Waals surface area contributed by atoms with Crippen LogP contribution in [0, 0.1) is 6.92 Å². The number of benzene rings is 2. The Labute approximate surface area is 161 Å². The lowest BCUT2D eigenvalue weighted by Crippen LogP contribution is -2.07. The third-order valence-electron chi connectivity index (χ3n) is 3.70. The molecular weight excluding hydrogens is 373 g/mol. The van der Waals surface area contributed by atoms with E-state index in [-0.39, 0.29) is 16.1 Å². The predicted molar refractivity (Wildman–Crippen MR) is 105 cm³/mol. The van der Waals surface area contributed by atoms with Crippen molar-refractivity contribution in [1.82, 2.24) is 4.98 Å². The van der Waals surface area contributed by atoms with Crippen LogP contribution in [0.25, 0.3) is 0 Å². The molecule has 25 heavy (non-hydrogen) atoms. The molecule has 2 aromatic carbocycles. The van der Waals surface area contributed by atoms with Crippen molar-refractivity contribution in [3.8, 4) is 0 Å². The Hall–Kier alpha value is -1.81. The number of carbonyl (C=O) groups excluding carboxylic acids is 1. The lowest BCUT2D eigenvalue weighted by atomic mass is 10.0. The maximum atomic E-state index is 12.9. The normalized spacial score (nSPS) is 10.7. The molecule has 0 atom stereocenters. The second-order valence-electron chi connectivity index (χ2n) is 5.57. The summed E-state index contributed by atoms with van der Waals surface area (Å²) in [5.41, 5.74) is 2.88. The van der Waals surface area contributed by atoms with Crippen LogP contribution in [0.15, 0.2) is 65.6 Å². The van der Waals surface area contributed by atoms with Gasteiger partial charge >= 0.3 is 0 Å². The van der Waals surface area contributed by atoms with Gasteiger partial charge in [-0.05, 0) is 30.7 Å². The molecule has 3 aromatic rings. The number of halogens is 2. The molecule has 0 saturated heterocycles. The summed E-state index contributed by atoms with van der Waals surface area (Å²) >= 11 is 13.9. The van der Waals surface area contributed by atoms with Crippen molar-refractivity contribution in [2.24, 2.45) is 0 Å². The molecule has 0 fully saturated rings. The van der Waals surface area contributed by atoms with Crippen molar-refractivity contribution in [3.05, 3.63) is 93.2 Å². The van der Waals surface area contributed by atoms with Crippen LogP contribution in [0.1, 0.15) is 27.0 Å². The first-order valence-electron chi connectivity index (χ1n) is 7.69. The molecule has 0 N–H and O–H groups in total. The Morgan fingerprint density at radius 2 is 1.72 bits per heavy atom. The van der Waals surface area contributed by atoms with Gasteiger partial charge in [0.25, 0.3) is 0 Å². The number of ketones is 1. The highest BCUT2D eigenvalue weighted by molar-refractivity contribution is 7.98. The molecule has 0 aliphatic carbocycles. The Morgan fingerprint density at radius 1 is 1.04 bits per heavy atom. The maximum Gasteiger partial charge on any atom is 0.196 e. The minimum absolute atomic E-state index is 0.140. The monoisotopic (exact) mass is 387 g/mol. The van der Waals surface area contributed by atoms with Crippen molar-refractivity contribution < 1.29 is 4.79 Å². The third kappa shape index (κ3) is 4.43. The summed E-state index contributed by atoms with van der Waals surface area (Å²) in [5, 5.41) is 0.427. The second kappa shape index (κ2) is 8.05. The standard InChI is InChI=1S/C20H15Cl2NOS/c1-13-7-9-14(10-8-13)19(24)18-15(11-17(21)23-20(18)22)12-25-16-5-3-2-4-6-16/h2-11H,12H2,1H3. The van der Waals surface area contributed by atoms with E-state index in [1.165, 1.54) is 0 Å². The highest BCUT2D eigenvalue weighted by Crippen LogP contribution is 2.30. The molecule has 0 bridgehead atoms. The van der Waals surface area contributed by atoms with Crippen molar-refractivity contribution in [2.75, 3.05) is 0 Å². The number of nitrogens with zero attached hydrogens (tertiary/aromatic N) is 1. The highest BCUT2D eigenvalue weighted by atomic mass is 35.5. The number of carbonyl (C=O) groups is 1. The van der Waals surface area contributed by atoms with Crippen LogP contribution in [-0.2, 0) is 5.75 Å². The summed E-state index contributed by atoms with van der Waals surface area (Å²) in [5.74, 6) is 0.441. The first kappa shape index (κ1) is 18.0. The van der Waals surface area contributed by atoms with Crippen LogP contribution >= 0.6 is 35.0 Å². The van der Waals surface area contributed by atoms with Crippen LogP contribution in [0.5, 0.6) is 0 Å². The first-order chi connectivity index (χ1) is 12.0. The SMILES string of the molecule is Cc1ccc(C(=O)c2c(CSc3ccccc3)cc(Cl)nc2Cl)cc1. The zero-order valence-corrected chi connectivity index (χ0v) is 15.8. The Balaban J connectivity index is 1.94. The fourth-order valence-corrected chi connectivity index (χ4v) is 3.87. The molecule has 0 aliphatic heterocycles. The van der Waals surface area contributed by atoms with Gasteiger partial charge in [0.1, 0.15) is 10.3 Å². The largest absolute Gasteiger partial charge is 0.288 e. The molecule has 3 rings (SSSR count). The molecule has 0 amide bonds. The fraction of sp³-hybridized carbons (Fsp3) is 0.100. The molecule has 2 nitrogen and oxygen atoms in total. The van der Waals surface area contributed by atoms with E-state index in [1.54, 1.807) is 30.0 Å². The van der Waals surface area contributed by atoms with Crippen LogP contribution < -0.4 is 0 Å². The van der Waals surface area contributed by atoms with E-state index in [1.807, 2.05) is 49.4 Å². The van der Waals surface area contributed by atoms with Gasteiger partial charge in [-0.15, -0.1) is 11.8 Å².